The Morgan fingerprint density at radius 2 is 2.08 bits per heavy atom. The molecule has 0 bridgehead atoms. The molecule has 3 heterocycles. The Morgan fingerprint density at radius 1 is 1.28 bits per heavy atom. The molecule has 2 saturated carbocycles. The summed E-state index contributed by atoms with van der Waals surface area (Å²) in [6, 6.07) is 4.00. The van der Waals surface area contributed by atoms with Gasteiger partial charge in [-0.15, -0.1) is 0 Å². The van der Waals surface area contributed by atoms with E-state index in [9.17, 15) is 5.11 Å². The van der Waals surface area contributed by atoms with Gasteiger partial charge in [0.2, 0.25) is 5.88 Å². The minimum absolute atomic E-state index is 0.0504. The molecule has 5 nitrogen and oxygen atoms in total. The van der Waals surface area contributed by atoms with E-state index >= 15 is 0 Å². The van der Waals surface area contributed by atoms with Crippen molar-refractivity contribution in [2.45, 2.75) is 57.1 Å². The minimum Gasteiger partial charge on any atom is -0.481 e. The number of hydrogen-bond donors (Lipinski definition) is 1. The highest BCUT2D eigenvalue weighted by molar-refractivity contribution is 5.67. The molecule has 1 spiro atoms. The third-order valence-corrected chi connectivity index (χ3v) is 6.76. The van der Waals surface area contributed by atoms with Gasteiger partial charge in [-0.3, -0.25) is 0 Å². The highest BCUT2D eigenvalue weighted by atomic mass is 16.5. The average molecular weight is 339 g/mol. The third-order valence-electron chi connectivity index (χ3n) is 6.76. The van der Waals surface area contributed by atoms with Crippen LogP contribution in [0.25, 0.3) is 11.3 Å². The van der Waals surface area contributed by atoms with Crippen LogP contribution in [0, 0.1) is 11.3 Å². The maximum Gasteiger partial charge on any atom is 0.213 e. The topological polar surface area (TPSA) is 60.2 Å². The van der Waals surface area contributed by atoms with E-state index in [-0.39, 0.29) is 12.1 Å². The lowest BCUT2D eigenvalue weighted by Gasteiger charge is -2.32. The van der Waals surface area contributed by atoms with Crippen LogP contribution in [0.1, 0.15) is 56.7 Å². The highest BCUT2D eigenvalue weighted by Gasteiger charge is 2.46. The summed E-state index contributed by atoms with van der Waals surface area (Å²) in [6.45, 7) is 0. The minimum atomic E-state index is -0.282. The van der Waals surface area contributed by atoms with E-state index in [1.54, 1.807) is 7.11 Å². The summed E-state index contributed by atoms with van der Waals surface area (Å²) < 4.78 is 7.47. The number of imidazole rings is 1. The Morgan fingerprint density at radius 3 is 2.80 bits per heavy atom. The van der Waals surface area contributed by atoms with E-state index in [1.165, 1.54) is 38.5 Å². The fourth-order valence-corrected chi connectivity index (χ4v) is 4.89. The smallest absolute Gasteiger partial charge is 0.213 e. The molecule has 2 aliphatic carbocycles. The number of aliphatic hydroxyl groups is 1. The molecular weight excluding hydrogens is 314 g/mol. The van der Waals surface area contributed by atoms with Crippen molar-refractivity contribution in [1.29, 1.82) is 0 Å². The third kappa shape index (κ3) is 2.48. The molecule has 132 valence electrons. The molecule has 2 atom stereocenters. The van der Waals surface area contributed by atoms with Crippen LogP contribution in [-0.2, 0) is 0 Å². The van der Waals surface area contributed by atoms with Gasteiger partial charge in [-0.25, -0.2) is 9.97 Å². The zero-order valence-electron chi connectivity index (χ0n) is 14.7. The molecule has 1 N–H and O–H groups in total. The molecule has 0 unspecified atom stereocenters. The molecule has 2 aromatic heterocycles. The number of ether oxygens (including phenoxy) is 1. The number of fused-ring (bicyclic) bond motifs is 3. The van der Waals surface area contributed by atoms with Gasteiger partial charge in [-0.1, -0.05) is 0 Å². The Labute approximate surface area is 148 Å². The zero-order valence-corrected chi connectivity index (χ0v) is 14.7. The van der Waals surface area contributed by atoms with Gasteiger partial charge in [0.05, 0.1) is 43.2 Å². The first kappa shape index (κ1) is 15.4. The molecule has 0 radical (unpaired) electrons. The number of aromatic nitrogens is 3. The zero-order chi connectivity index (χ0) is 17.0. The van der Waals surface area contributed by atoms with E-state index in [0.717, 1.165) is 17.0 Å². The molecule has 1 aliphatic heterocycles. The Balaban J connectivity index is 1.38. The van der Waals surface area contributed by atoms with Crippen LogP contribution in [0.2, 0.25) is 0 Å². The van der Waals surface area contributed by atoms with Crippen molar-refractivity contribution in [3.8, 4) is 17.1 Å². The first-order valence-corrected chi connectivity index (χ1v) is 9.44. The molecule has 0 saturated heterocycles. The number of hydrogen-bond acceptors (Lipinski definition) is 4. The predicted molar refractivity (Wildman–Crippen MR) is 94.4 cm³/mol. The van der Waals surface area contributed by atoms with Gasteiger partial charge < -0.3 is 14.4 Å². The number of rotatable bonds is 4. The summed E-state index contributed by atoms with van der Waals surface area (Å²) in [7, 11) is 1.64. The summed E-state index contributed by atoms with van der Waals surface area (Å²) in [5, 5.41) is 10.9. The van der Waals surface area contributed by atoms with Gasteiger partial charge in [0.25, 0.3) is 0 Å². The van der Waals surface area contributed by atoms with E-state index in [4.69, 9.17) is 4.74 Å². The fourth-order valence-electron chi connectivity index (χ4n) is 4.89. The van der Waals surface area contributed by atoms with Crippen LogP contribution in [0.5, 0.6) is 5.88 Å². The normalized spacial score (nSPS) is 24.8. The van der Waals surface area contributed by atoms with Crippen molar-refractivity contribution in [2.24, 2.45) is 11.3 Å². The first-order chi connectivity index (χ1) is 12.2. The summed E-state index contributed by atoms with van der Waals surface area (Å²) >= 11 is 0. The summed E-state index contributed by atoms with van der Waals surface area (Å²) in [5.41, 5.74) is 3.87. The second-order valence-electron chi connectivity index (χ2n) is 8.13. The molecule has 2 fully saturated rings. The Bertz CT molecular complexity index is 786. The van der Waals surface area contributed by atoms with E-state index in [1.807, 2.05) is 18.6 Å². The predicted octanol–water partition coefficient (Wildman–Crippen LogP) is 3.58. The first-order valence-electron chi connectivity index (χ1n) is 9.44. The average Bonchev–Trinajstić information content (AvgIpc) is 3.11. The fraction of sp³-hybridized carbons (Fsp3) is 0.600. The van der Waals surface area contributed by atoms with Gasteiger partial charge >= 0.3 is 0 Å². The molecule has 5 heteroatoms. The number of pyridine rings is 1. The summed E-state index contributed by atoms with van der Waals surface area (Å²) in [5.74, 6) is 1.05. The molecule has 0 aromatic carbocycles. The summed E-state index contributed by atoms with van der Waals surface area (Å²) in [4.78, 5) is 8.99. The highest BCUT2D eigenvalue weighted by Crippen LogP contribution is 2.57. The molecule has 0 amide bonds. The second-order valence-corrected chi connectivity index (χ2v) is 8.13. The quantitative estimate of drug-likeness (QED) is 0.925. The Hall–Kier alpha value is -1.88. The van der Waals surface area contributed by atoms with E-state index in [2.05, 4.69) is 20.6 Å². The lowest BCUT2D eigenvalue weighted by atomic mass is 9.76. The van der Waals surface area contributed by atoms with Gasteiger partial charge in [-0.2, -0.15) is 0 Å². The Kier molecular flexibility index (Phi) is 3.42. The van der Waals surface area contributed by atoms with Crippen LogP contribution >= 0.6 is 0 Å². The maximum absolute atomic E-state index is 10.9. The van der Waals surface area contributed by atoms with Gasteiger partial charge in [0.15, 0.2) is 0 Å². The summed E-state index contributed by atoms with van der Waals surface area (Å²) in [6.07, 6.45) is 11.9. The maximum atomic E-state index is 10.9. The van der Waals surface area contributed by atoms with Crippen LogP contribution in [0.3, 0.4) is 0 Å². The molecule has 5 rings (SSSR count). The van der Waals surface area contributed by atoms with Crippen molar-refractivity contribution in [1.82, 2.24) is 14.5 Å². The lowest BCUT2D eigenvalue weighted by molar-refractivity contribution is 0.0555. The van der Waals surface area contributed by atoms with Crippen LogP contribution in [-0.4, -0.2) is 32.9 Å². The number of aliphatic hydroxyl groups excluding tert-OH is 1. The van der Waals surface area contributed by atoms with Crippen molar-refractivity contribution < 1.29 is 9.84 Å². The van der Waals surface area contributed by atoms with Crippen LogP contribution < -0.4 is 4.74 Å². The molecule has 3 aliphatic rings. The van der Waals surface area contributed by atoms with Crippen LogP contribution in [0.15, 0.2) is 24.7 Å². The standard InChI is InChI=1S/C20H25N3O2/c1-25-18-3-2-14-16-11-21-12-23(16)15(19(14)22-18)10-17(24)13-4-6-20(7-5-13)8-9-20/h2-3,11-13,15,17,24H,4-10H2,1H3/t15-,17+/m1/s1. The number of methoxy groups -OCH3 is 1. The monoisotopic (exact) mass is 339 g/mol. The molecule has 25 heavy (non-hydrogen) atoms. The van der Waals surface area contributed by atoms with Gasteiger partial charge in [-0.05, 0) is 55.9 Å². The second kappa shape index (κ2) is 5.56. The van der Waals surface area contributed by atoms with E-state index < -0.39 is 0 Å². The van der Waals surface area contributed by atoms with Gasteiger partial charge in [0.1, 0.15) is 0 Å². The SMILES string of the molecule is COc1ccc2c(n1)[C@@H](C[C@H](O)C1CCC3(CC1)CC3)n1cncc1-2. The van der Waals surface area contributed by atoms with Gasteiger partial charge in [0, 0.05) is 18.1 Å². The largest absolute Gasteiger partial charge is 0.481 e. The van der Waals surface area contributed by atoms with Crippen molar-refractivity contribution in [3.05, 3.63) is 30.4 Å². The lowest BCUT2D eigenvalue weighted by Crippen LogP contribution is -2.28. The molecular formula is C20H25N3O2. The number of nitrogens with zero attached hydrogens (tertiary/aromatic N) is 3. The molecule has 2 aromatic rings. The van der Waals surface area contributed by atoms with Crippen molar-refractivity contribution >= 4 is 0 Å². The van der Waals surface area contributed by atoms with Crippen molar-refractivity contribution in [3.63, 3.8) is 0 Å². The van der Waals surface area contributed by atoms with Crippen molar-refractivity contribution in [2.75, 3.05) is 7.11 Å². The van der Waals surface area contributed by atoms with E-state index in [0.29, 0.717) is 23.6 Å². The van der Waals surface area contributed by atoms with Crippen LogP contribution in [0.4, 0.5) is 0 Å².